The second-order valence-electron chi connectivity index (χ2n) is 6.55. The molecule has 2 aromatic rings. The van der Waals surface area contributed by atoms with E-state index in [-0.39, 0.29) is 24.4 Å². The number of methoxy groups -OCH3 is 2. The number of piperazine rings is 1. The second kappa shape index (κ2) is 10.6. The molecule has 1 amide bonds. The van der Waals surface area contributed by atoms with E-state index >= 15 is 0 Å². The third-order valence-corrected chi connectivity index (χ3v) is 5.21. The van der Waals surface area contributed by atoms with Gasteiger partial charge >= 0.3 is 0 Å². The van der Waals surface area contributed by atoms with Crippen LogP contribution in [0.5, 0.6) is 11.5 Å². The number of hydrogen-bond acceptors (Lipinski definition) is 4. The molecule has 0 radical (unpaired) electrons. The lowest BCUT2D eigenvalue weighted by Crippen LogP contribution is -2.48. The number of amides is 1. The SMILES string of the molecule is COc1cc(CCC(=O)N2CCNCC2c2ccccc2Cl)cc(OC)c1.Cl. The summed E-state index contributed by atoms with van der Waals surface area (Å²) >= 11 is 6.37. The lowest BCUT2D eigenvalue weighted by atomic mass is 10.0. The van der Waals surface area contributed by atoms with E-state index < -0.39 is 0 Å². The fourth-order valence-electron chi connectivity index (χ4n) is 3.43. The van der Waals surface area contributed by atoms with Crippen molar-refractivity contribution in [1.82, 2.24) is 10.2 Å². The summed E-state index contributed by atoms with van der Waals surface area (Å²) in [6.45, 7) is 2.18. The summed E-state index contributed by atoms with van der Waals surface area (Å²) in [5.74, 6) is 1.59. The predicted molar refractivity (Wildman–Crippen MR) is 114 cm³/mol. The van der Waals surface area contributed by atoms with E-state index in [1.807, 2.05) is 47.4 Å². The van der Waals surface area contributed by atoms with Crippen LogP contribution in [0.15, 0.2) is 42.5 Å². The quantitative estimate of drug-likeness (QED) is 0.763. The molecule has 1 aliphatic heterocycles. The smallest absolute Gasteiger partial charge is 0.223 e. The molecule has 0 saturated carbocycles. The zero-order chi connectivity index (χ0) is 19.2. The van der Waals surface area contributed by atoms with Crippen molar-refractivity contribution >= 4 is 29.9 Å². The molecule has 1 heterocycles. The highest BCUT2D eigenvalue weighted by Gasteiger charge is 2.28. The van der Waals surface area contributed by atoms with Crippen LogP contribution in [0.4, 0.5) is 0 Å². The van der Waals surface area contributed by atoms with Crippen LogP contribution in [0.2, 0.25) is 5.02 Å². The molecular formula is C21H26Cl2N2O3. The van der Waals surface area contributed by atoms with Gasteiger partial charge in [-0.25, -0.2) is 0 Å². The summed E-state index contributed by atoms with van der Waals surface area (Å²) in [6.07, 6.45) is 1.06. The van der Waals surface area contributed by atoms with Crippen molar-refractivity contribution in [2.75, 3.05) is 33.9 Å². The Kier molecular flexibility index (Phi) is 8.42. The van der Waals surface area contributed by atoms with E-state index in [1.165, 1.54) is 0 Å². The summed E-state index contributed by atoms with van der Waals surface area (Å²) in [5.41, 5.74) is 2.01. The van der Waals surface area contributed by atoms with Crippen LogP contribution in [0.1, 0.15) is 23.6 Å². The number of benzene rings is 2. The van der Waals surface area contributed by atoms with Crippen LogP contribution < -0.4 is 14.8 Å². The molecular weight excluding hydrogens is 399 g/mol. The first-order chi connectivity index (χ1) is 13.1. The normalized spacial score (nSPS) is 16.2. The molecule has 152 valence electrons. The molecule has 1 saturated heterocycles. The molecule has 1 fully saturated rings. The Morgan fingerprint density at radius 2 is 1.86 bits per heavy atom. The lowest BCUT2D eigenvalue weighted by Gasteiger charge is -2.37. The van der Waals surface area contributed by atoms with Gasteiger partial charge in [-0.05, 0) is 35.7 Å². The van der Waals surface area contributed by atoms with Gasteiger partial charge in [0.1, 0.15) is 11.5 Å². The van der Waals surface area contributed by atoms with Gasteiger partial charge in [0, 0.05) is 37.1 Å². The van der Waals surface area contributed by atoms with Gasteiger partial charge < -0.3 is 19.7 Å². The largest absolute Gasteiger partial charge is 0.497 e. The molecule has 3 rings (SSSR count). The molecule has 5 nitrogen and oxygen atoms in total. The van der Waals surface area contributed by atoms with Crippen molar-refractivity contribution in [3.63, 3.8) is 0 Å². The van der Waals surface area contributed by atoms with Gasteiger partial charge in [-0.15, -0.1) is 12.4 Å². The van der Waals surface area contributed by atoms with Crippen molar-refractivity contribution in [1.29, 1.82) is 0 Å². The van der Waals surface area contributed by atoms with E-state index in [9.17, 15) is 4.79 Å². The maximum atomic E-state index is 13.0. The average Bonchev–Trinajstić information content (AvgIpc) is 2.72. The maximum Gasteiger partial charge on any atom is 0.223 e. The molecule has 1 aliphatic rings. The van der Waals surface area contributed by atoms with Gasteiger partial charge in [-0.3, -0.25) is 4.79 Å². The molecule has 1 atom stereocenters. The first-order valence-corrected chi connectivity index (χ1v) is 9.46. The molecule has 1 N–H and O–H groups in total. The van der Waals surface area contributed by atoms with E-state index in [2.05, 4.69) is 5.32 Å². The maximum absolute atomic E-state index is 13.0. The minimum atomic E-state index is -0.0419. The van der Waals surface area contributed by atoms with Crippen molar-refractivity contribution in [3.8, 4) is 11.5 Å². The van der Waals surface area contributed by atoms with Crippen LogP contribution >= 0.6 is 24.0 Å². The first kappa shape index (κ1) is 22.3. The number of nitrogens with zero attached hydrogens (tertiary/aromatic N) is 1. The van der Waals surface area contributed by atoms with Crippen molar-refractivity contribution in [2.24, 2.45) is 0 Å². The summed E-state index contributed by atoms with van der Waals surface area (Å²) in [6, 6.07) is 13.4. The molecule has 28 heavy (non-hydrogen) atoms. The Balaban J connectivity index is 0.00000280. The number of aryl methyl sites for hydroxylation is 1. The summed E-state index contributed by atoms with van der Waals surface area (Å²) in [7, 11) is 3.25. The Labute approximate surface area is 177 Å². The summed E-state index contributed by atoms with van der Waals surface area (Å²) in [5, 5.41) is 4.06. The fourth-order valence-corrected chi connectivity index (χ4v) is 3.69. The van der Waals surface area contributed by atoms with Crippen LogP contribution in [-0.2, 0) is 11.2 Å². The van der Waals surface area contributed by atoms with Crippen molar-refractivity contribution in [3.05, 3.63) is 58.6 Å². The predicted octanol–water partition coefficient (Wildman–Crippen LogP) is 3.88. The Morgan fingerprint density at radius 3 is 2.50 bits per heavy atom. The van der Waals surface area contributed by atoms with E-state index in [4.69, 9.17) is 21.1 Å². The first-order valence-electron chi connectivity index (χ1n) is 9.09. The number of nitrogens with one attached hydrogen (secondary N) is 1. The van der Waals surface area contributed by atoms with Gasteiger partial charge in [0.2, 0.25) is 5.91 Å². The number of hydrogen-bond donors (Lipinski definition) is 1. The average molecular weight is 425 g/mol. The van der Waals surface area contributed by atoms with Crippen LogP contribution in [0.3, 0.4) is 0 Å². The molecule has 0 spiro atoms. The lowest BCUT2D eigenvalue weighted by molar-refractivity contribution is -0.134. The summed E-state index contributed by atoms with van der Waals surface area (Å²) < 4.78 is 10.6. The Morgan fingerprint density at radius 1 is 1.18 bits per heavy atom. The number of rotatable bonds is 6. The highest BCUT2D eigenvalue weighted by molar-refractivity contribution is 6.31. The van der Waals surface area contributed by atoms with E-state index in [0.29, 0.717) is 31.0 Å². The molecule has 7 heteroatoms. The Hall–Kier alpha value is -1.95. The number of ether oxygens (including phenoxy) is 2. The Bertz CT molecular complexity index is 779. The zero-order valence-electron chi connectivity index (χ0n) is 16.1. The minimum absolute atomic E-state index is 0. The van der Waals surface area contributed by atoms with Crippen LogP contribution in [0, 0.1) is 0 Å². The highest BCUT2D eigenvalue weighted by Crippen LogP contribution is 2.29. The standard InChI is InChI=1S/C21H25ClN2O3.ClH/c1-26-16-11-15(12-17(13-16)27-2)7-8-21(25)24-10-9-23-14-20(24)18-5-3-4-6-19(18)22;/h3-6,11-13,20,23H,7-10,14H2,1-2H3;1H. The van der Waals surface area contributed by atoms with Crippen LogP contribution in [-0.4, -0.2) is 44.7 Å². The molecule has 0 bridgehead atoms. The van der Waals surface area contributed by atoms with Crippen LogP contribution in [0.25, 0.3) is 0 Å². The molecule has 2 aromatic carbocycles. The van der Waals surface area contributed by atoms with E-state index in [1.54, 1.807) is 14.2 Å². The third kappa shape index (κ3) is 5.31. The van der Waals surface area contributed by atoms with Crippen molar-refractivity contribution < 1.29 is 14.3 Å². The topological polar surface area (TPSA) is 50.8 Å². The summed E-state index contributed by atoms with van der Waals surface area (Å²) in [4.78, 5) is 14.9. The van der Waals surface area contributed by atoms with Gasteiger partial charge in [0.25, 0.3) is 0 Å². The fraction of sp³-hybridized carbons (Fsp3) is 0.381. The minimum Gasteiger partial charge on any atom is -0.497 e. The number of halogens is 2. The van der Waals surface area contributed by atoms with Gasteiger partial charge in [0.05, 0.1) is 20.3 Å². The molecule has 1 unspecified atom stereocenters. The molecule has 0 aliphatic carbocycles. The third-order valence-electron chi connectivity index (χ3n) is 4.87. The van der Waals surface area contributed by atoms with Gasteiger partial charge in [-0.2, -0.15) is 0 Å². The molecule has 0 aromatic heterocycles. The highest BCUT2D eigenvalue weighted by atomic mass is 35.5. The van der Waals surface area contributed by atoms with Gasteiger partial charge in [-0.1, -0.05) is 29.8 Å². The van der Waals surface area contributed by atoms with Crippen molar-refractivity contribution in [2.45, 2.75) is 18.9 Å². The second-order valence-corrected chi connectivity index (χ2v) is 6.96. The zero-order valence-corrected chi connectivity index (χ0v) is 17.7. The number of carbonyl (C=O) groups is 1. The monoisotopic (exact) mass is 424 g/mol. The van der Waals surface area contributed by atoms with E-state index in [0.717, 1.165) is 29.2 Å². The van der Waals surface area contributed by atoms with Gasteiger partial charge in [0.15, 0.2) is 0 Å². The number of carbonyl (C=O) groups excluding carboxylic acids is 1.